The van der Waals surface area contributed by atoms with Gasteiger partial charge in [0.25, 0.3) is 0 Å². The molecule has 1 fully saturated rings. The van der Waals surface area contributed by atoms with Gasteiger partial charge in [-0.2, -0.15) is 0 Å². The molecule has 0 radical (unpaired) electrons. The molecule has 0 aliphatic heterocycles. The SMILES string of the molecule is O=S([O-])OC1CCCCCCCCC1. The van der Waals surface area contributed by atoms with Crippen LogP contribution in [0.15, 0.2) is 0 Å². The summed E-state index contributed by atoms with van der Waals surface area (Å²) < 4.78 is 25.6. The summed E-state index contributed by atoms with van der Waals surface area (Å²) in [7, 11) is 0. The maximum atomic E-state index is 10.4. The molecule has 1 aliphatic rings. The van der Waals surface area contributed by atoms with E-state index in [9.17, 15) is 8.76 Å². The largest absolute Gasteiger partial charge is 0.750 e. The molecule has 1 unspecified atom stereocenters. The van der Waals surface area contributed by atoms with Crippen LogP contribution in [0.5, 0.6) is 0 Å². The van der Waals surface area contributed by atoms with Gasteiger partial charge in [-0.15, -0.1) is 0 Å². The molecule has 1 atom stereocenters. The van der Waals surface area contributed by atoms with Crippen molar-refractivity contribution in [1.82, 2.24) is 0 Å². The van der Waals surface area contributed by atoms with Crippen molar-refractivity contribution in [3.8, 4) is 0 Å². The van der Waals surface area contributed by atoms with Crippen LogP contribution < -0.4 is 0 Å². The highest BCUT2D eigenvalue weighted by Gasteiger charge is 2.10. The normalized spacial score (nSPS) is 24.4. The molecule has 4 heteroatoms. The molecule has 0 spiro atoms. The molecule has 0 aromatic heterocycles. The van der Waals surface area contributed by atoms with Crippen LogP contribution in [0, 0.1) is 0 Å². The molecule has 0 saturated heterocycles. The topological polar surface area (TPSA) is 49.4 Å². The van der Waals surface area contributed by atoms with E-state index in [2.05, 4.69) is 0 Å². The van der Waals surface area contributed by atoms with Gasteiger partial charge in [0.1, 0.15) is 0 Å². The Balaban J connectivity index is 2.26. The van der Waals surface area contributed by atoms with Gasteiger partial charge in [-0.3, -0.25) is 4.18 Å². The zero-order chi connectivity index (χ0) is 10.2. The Bertz CT molecular complexity index is 163. The predicted molar refractivity (Wildman–Crippen MR) is 55.3 cm³/mol. The van der Waals surface area contributed by atoms with Gasteiger partial charge in [0.05, 0.1) is 17.5 Å². The van der Waals surface area contributed by atoms with Crippen LogP contribution in [0.25, 0.3) is 0 Å². The van der Waals surface area contributed by atoms with Crippen molar-refractivity contribution in [3.63, 3.8) is 0 Å². The fourth-order valence-electron chi connectivity index (χ4n) is 1.98. The third-order valence-electron chi connectivity index (χ3n) is 2.77. The molecule has 0 amide bonds. The van der Waals surface area contributed by atoms with Crippen LogP contribution >= 0.6 is 0 Å². The Morgan fingerprint density at radius 2 is 1.36 bits per heavy atom. The average molecular weight is 219 g/mol. The first-order chi connectivity index (χ1) is 6.79. The van der Waals surface area contributed by atoms with E-state index in [1.807, 2.05) is 0 Å². The Kier molecular flexibility index (Phi) is 6.39. The van der Waals surface area contributed by atoms with Gasteiger partial charge in [0.2, 0.25) is 0 Å². The maximum Gasteiger partial charge on any atom is 0.0844 e. The molecule has 3 nitrogen and oxygen atoms in total. The fourth-order valence-corrected chi connectivity index (χ4v) is 2.39. The lowest BCUT2D eigenvalue weighted by atomic mass is 9.99. The van der Waals surface area contributed by atoms with Crippen molar-refractivity contribution < 1.29 is 12.9 Å². The van der Waals surface area contributed by atoms with Crippen molar-refractivity contribution in [2.75, 3.05) is 0 Å². The molecule has 0 heterocycles. The van der Waals surface area contributed by atoms with Crippen LogP contribution in [-0.2, 0) is 15.5 Å². The van der Waals surface area contributed by atoms with Crippen LogP contribution in [0.2, 0.25) is 0 Å². The van der Waals surface area contributed by atoms with Crippen molar-refractivity contribution in [1.29, 1.82) is 0 Å². The molecular formula is C10H19O3S-. The monoisotopic (exact) mass is 219 g/mol. The summed E-state index contributed by atoms with van der Waals surface area (Å²) in [4.78, 5) is 0. The molecule has 0 bridgehead atoms. The smallest absolute Gasteiger partial charge is 0.0844 e. The third kappa shape index (κ3) is 5.73. The second kappa shape index (κ2) is 7.37. The van der Waals surface area contributed by atoms with E-state index in [0.29, 0.717) is 0 Å². The molecule has 14 heavy (non-hydrogen) atoms. The minimum Gasteiger partial charge on any atom is -0.750 e. The van der Waals surface area contributed by atoms with Gasteiger partial charge in [-0.05, 0) is 12.8 Å². The highest BCUT2D eigenvalue weighted by molar-refractivity contribution is 7.74. The Hall–Kier alpha value is 0.0700. The lowest BCUT2D eigenvalue weighted by Crippen LogP contribution is -2.15. The molecule has 1 saturated carbocycles. The summed E-state index contributed by atoms with van der Waals surface area (Å²) in [5.74, 6) is 0. The number of hydrogen-bond acceptors (Lipinski definition) is 3. The number of rotatable bonds is 2. The Morgan fingerprint density at radius 3 is 1.79 bits per heavy atom. The zero-order valence-corrected chi connectivity index (χ0v) is 9.39. The second-order valence-corrected chi connectivity index (χ2v) is 4.58. The van der Waals surface area contributed by atoms with E-state index < -0.39 is 11.4 Å². The van der Waals surface area contributed by atoms with Crippen LogP contribution in [0.4, 0.5) is 0 Å². The van der Waals surface area contributed by atoms with Gasteiger partial charge in [-0.1, -0.05) is 44.9 Å². The quantitative estimate of drug-likeness (QED) is 0.671. The van der Waals surface area contributed by atoms with E-state index in [0.717, 1.165) is 25.7 Å². The van der Waals surface area contributed by atoms with Crippen molar-refractivity contribution in [2.45, 2.75) is 63.9 Å². The van der Waals surface area contributed by atoms with Crippen LogP contribution in [0.3, 0.4) is 0 Å². The summed E-state index contributed by atoms with van der Waals surface area (Å²) in [6, 6.07) is 0. The molecule has 0 N–H and O–H groups in total. The van der Waals surface area contributed by atoms with Crippen LogP contribution in [-0.4, -0.2) is 14.9 Å². The van der Waals surface area contributed by atoms with Gasteiger partial charge in [0, 0.05) is 0 Å². The molecular weight excluding hydrogens is 200 g/mol. The highest BCUT2D eigenvalue weighted by atomic mass is 32.2. The average Bonchev–Trinajstić information content (AvgIpc) is 2.15. The predicted octanol–water partition coefficient (Wildman–Crippen LogP) is 2.69. The van der Waals surface area contributed by atoms with Crippen LogP contribution in [0.1, 0.15) is 57.8 Å². The van der Waals surface area contributed by atoms with Gasteiger partial charge in [0.15, 0.2) is 0 Å². The van der Waals surface area contributed by atoms with E-state index >= 15 is 0 Å². The summed E-state index contributed by atoms with van der Waals surface area (Å²) >= 11 is -2.34. The van der Waals surface area contributed by atoms with Gasteiger partial charge >= 0.3 is 0 Å². The summed E-state index contributed by atoms with van der Waals surface area (Å²) in [6.07, 6.45) is 10.3. The van der Waals surface area contributed by atoms with Crippen molar-refractivity contribution in [3.05, 3.63) is 0 Å². The highest BCUT2D eigenvalue weighted by Crippen LogP contribution is 2.19. The summed E-state index contributed by atoms with van der Waals surface area (Å²) in [5.41, 5.74) is 0. The zero-order valence-electron chi connectivity index (χ0n) is 8.57. The standard InChI is InChI=1S/C10H20O3S/c11-14(12)13-10-8-6-4-2-1-3-5-7-9-10/h10H,1-9H2,(H,11,12)/p-1. The maximum absolute atomic E-state index is 10.4. The lowest BCUT2D eigenvalue weighted by molar-refractivity contribution is 0.171. The fraction of sp³-hybridized carbons (Fsp3) is 1.00. The molecule has 1 aliphatic carbocycles. The van der Waals surface area contributed by atoms with Crippen molar-refractivity contribution >= 4 is 11.4 Å². The molecule has 0 aromatic rings. The Labute approximate surface area is 88.7 Å². The van der Waals surface area contributed by atoms with Gasteiger partial charge < -0.3 is 4.55 Å². The minimum atomic E-state index is -2.34. The van der Waals surface area contributed by atoms with Gasteiger partial charge in [-0.25, -0.2) is 4.21 Å². The third-order valence-corrected chi connectivity index (χ3v) is 3.20. The van der Waals surface area contributed by atoms with E-state index in [1.54, 1.807) is 0 Å². The lowest BCUT2D eigenvalue weighted by Gasteiger charge is -2.19. The first-order valence-electron chi connectivity index (χ1n) is 5.55. The first kappa shape index (κ1) is 12.1. The second-order valence-electron chi connectivity index (χ2n) is 3.97. The molecule has 84 valence electrons. The summed E-state index contributed by atoms with van der Waals surface area (Å²) in [6.45, 7) is 0. The molecule has 1 rings (SSSR count). The molecule has 0 aromatic carbocycles. The first-order valence-corrected chi connectivity index (χ1v) is 6.55. The minimum absolute atomic E-state index is 0.0635. The number of hydrogen-bond donors (Lipinski definition) is 0. The summed E-state index contributed by atoms with van der Waals surface area (Å²) in [5, 5.41) is 0. The van der Waals surface area contributed by atoms with Crippen molar-refractivity contribution in [2.24, 2.45) is 0 Å². The Morgan fingerprint density at radius 1 is 0.929 bits per heavy atom. The van der Waals surface area contributed by atoms with E-state index in [1.165, 1.54) is 32.1 Å². The van der Waals surface area contributed by atoms with E-state index in [-0.39, 0.29) is 6.10 Å². The van der Waals surface area contributed by atoms with E-state index in [4.69, 9.17) is 4.18 Å².